The van der Waals surface area contributed by atoms with E-state index in [1.165, 1.54) is 18.9 Å². The molecular formula is C15H23FN2. The first kappa shape index (κ1) is 13.5. The van der Waals surface area contributed by atoms with Crippen LogP contribution in [0.5, 0.6) is 0 Å². The monoisotopic (exact) mass is 250 g/mol. The highest BCUT2D eigenvalue weighted by molar-refractivity contribution is 5.21. The number of hydrogen-bond acceptors (Lipinski definition) is 2. The van der Waals surface area contributed by atoms with E-state index in [0.717, 1.165) is 19.0 Å². The molecule has 1 atom stereocenters. The second-order valence-corrected chi connectivity index (χ2v) is 5.62. The van der Waals surface area contributed by atoms with Crippen LogP contribution < -0.4 is 5.73 Å². The third-order valence-electron chi connectivity index (χ3n) is 3.66. The van der Waals surface area contributed by atoms with Gasteiger partial charge in [0.15, 0.2) is 0 Å². The molecule has 100 valence electrons. The minimum Gasteiger partial charge on any atom is -0.323 e. The van der Waals surface area contributed by atoms with Crippen molar-refractivity contribution in [2.45, 2.75) is 38.8 Å². The van der Waals surface area contributed by atoms with Crippen LogP contribution in [0.4, 0.5) is 4.39 Å². The fourth-order valence-electron chi connectivity index (χ4n) is 2.26. The van der Waals surface area contributed by atoms with Crippen molar-refractivity contribution >= 4 is 0 Å². The first-order valence-corrected chi connectivity index (χ1v) is 6.82. The van der Waals surface area contributed by atoms with Crippen LogP contribution >= 0.6 is 0 Å². The van der Waals surface area contributed by atoms with Gasteiger partial charge in [0, 0.05) is 30.7 Å². The molecule has 0 aromatic heterocycles. The highest BCUT2D eigenvalue weighted by atomic mass is 19.1. The molecule has 0 bridgehead atoms. The Hall–Kier alpha value is -0.930. The number of benzene rings is 1. The van der Waals surface area contributed by atoms with Crippen LogP contribution in [0.1, 0.15) is 38.3 Å². The van der Waals surface area contributed by atoms with Crippen molar-refractivity contribution in [3.05, 3.63) is 35.6 Å². The van der Waals surface area contributed by atoms with Gasteiger partial charge in [-0.1, -0.05) is 18.2 Å². The van der Waals surface area contributed by atoms with Gasteiger partial charge in [-0.2, -0.15) is 0 Å². The Balaban J connectivity index is 1.99. The number of nitrogens with zero attached hydrogens (tertiary/aromatic N) is 1. The molecule has 1 aliphatic carbocycles. The second-order valence-electron chi connectivity index (χ2n) is 5.62. The van der Waals surface area contributed by atoms with E-state index >= 15 is 0 Å². The summed E-state index contributed by atoms with van der Waals surface area (Å²) in [4.78, 5) is 2.37. The largest absolute Gasteiger partial charge is 0.323 e. The van der Waals surface area contributed by atoms with Gasteiger partial charge in [0.2, 0.25) is 0 Å². The molecule has 1 saturated carbocycles. The molecule has 0 saturated heterocycles. The molecule has 0 amide bonds. The van der Waals surface area contributed by atoms with Crippen molar-refractivity contribution < 1.29 is 4.39 Å². The van der Waals surface area contributed by atoms with E-state index in [9.17, 15) is 4.39 Å². The normalized spacial score (nSPS) is 17.4. The Morgan fingerprint density at radius 3 is 2.56 bits per heavy atom. The maximum absolute atomic E-state index is 13.7. The van der Waals surface area contributed by atoms with E-state index in [2.05, 4.69) is 18.7 Å². The number of rotatable bonds is 6. The molecule has 0 heterocycles. The lowest BCUT2D eigenvalue weighted by Gasteiger charge is -2.29. The molecular weight excluding hydrogens is 227 g/mol. The van der Waals surface area contributed by atoms with Crippen molar-refractivity contribution in [1.29, 1.82) is 0 Å². The average molecular weight is 250 g/mol. The van der Waals surface area contributed by atoms with E-state index < -0.39 is 0 Å². The Morgan fingerprint density at radius 1 is 1.33 bits per heavy atom. The minimum atomic E-state index is -0.243. The van der Waals surface area contributed by atoms with Gasteiger partial charge in [0.05, 0.1) is 0 Å². The predicted octanol–water partition coefficient (Wildman–Crippen LogP) is 2.95. The number of hydrogen-bond donors (Lipinski definition) is 1. The van der Waals surface area contributed by atoms with Crippen LogP contribution in [-0.4, -0.2) is 24.0 Å². The molecule has 1 aromatic rings. The van der Waals surface area contributed by atoms with Crippen molar-refractivity contribution in [3.8, 4) is 0 Å². The fourth-order valence-corrected chi connectivity index (χ4v) is 2.26. The SMILES string of the molecule is CC(C)N(CC1CC1)CC(N)c1ccccc1F. The van der Waals surface area contributed by atoms with Gasteiger partial charge in [0.25, 0.3) is 0 Å². The van der Waals surface area contributed by atoms with Gasteiger partial charge in [-0.25, -0.2) is 4.39 Å². The summed E-state index contributed by atoms with van der Waals surface area (Å²) < 4.78 is 13.7. The Bertz CT molecular complexity index is 388. The maximum atomic E-state index is 13.7. The first-order chi connectivity index (χ1) is 8.58. The van der Waals surface area contributed by atoms with E-state index in [-0.39, 0.29) is 11.9 Å². The van der Waals surface area contributed by atoms with Crippen LogP contribution in [0.2, 0.25) is 0 Å². The smallest absolute Gasteiger partial charge is 0.128 e. The van der Waals surface area contributed by atoms with Crippen molar-refractivity contribution in [2.75, 3.05) is 13.1 Å². The van der Waals surface area contributed by atoms with Crippen molar-refractivity contribution in [3.63, 3.8) is 0 Å². The number of halogens is 1. The number of nitrogens with two attached hydrogens (primary N) is 1. The van der Waals surface area contributed by atoms with Gasteiger partial charge in [-0.15, -0.1) is 0 Å². The highest BCUT2D eigenvalue weighted by Gasteiger charge is 2.26. The molecule has 3 heteroatoms. The summed E-state index contributed by atoms with van der Waals surface area (Å²) in [5.41, 5.74) is 6.77. The van der Waals surface area contributed by atoms with E-state index in [1.807, 2.05) is 6.07 Å². The average Bonchev–Trinajstić information content (AvgIpc) is 3.12. The molecule has 1 unspecified atom stereocenters. The van der Waals surface area contributed by atoms with Gasteiger partial charge in [-0.05, 0) is 38.7 Å². The zero-order valence-corrected chi connectivity index (χ0v) is 11.3. The molecule has 1 aromatic carbocycles. The predicted molar refractivity (Wildman–Crippen MR) is 72.8 cm³/mol. The van der Waals surface area contributed by atoms with Crippen LogP contribution in [0.25, 0.3) is 0 Å². The summed E-state index contributed by atoms with van der Waals surface area (Å²) in [7, 11) is 0. The minimum absolute atomic E-state index is 0.194. The Kier molecular flexibility index (Phi) is 4.36. The molecule has 1 fully saturated rings. The molecule has 2 rings (SSSR count). The summed E-state index contributed by atoms with van der Waals surface area (Å²) in [6.45, 7) is 6.18. The van der Waals surface area contributed by atoms with Crippen LogP contribution in [-0.2, 0) is 0 Å². The quantitative estimate of drug-likeness (QED) is 0.841. The second kappa shape index (κ2) is 5.81. The summed E-state index contributed by atoms with van der Waals surface area (Å²) >= 11 is 0. The Labute approximate surface area is 109 Å². The molecule has 2 nitrogen and oxygen atoms in total. The summed E-state index contributed by atoms with van der Waals surface area (Å²) in [6, 6.07) is 7.04. The molecule has 1 aliphatic rings. The summed E-state index contributed by atoms with van der Waals surface area (Å²) in [5, 5.41) is 0. The summed E-state index contributed by atoms with van der Waals surface area (Å²) in [5.74, 6) is 0.639. The van der Waals surface area contributed by atoms with Gasteiger partial charge in [0.1, 0.15) is 5.82 Å². The topological polar surface area (TPSA) is 29.3 Å². The van der Waals surface area contributed by atoms with E-state index in [0.29, 0.717) is 11.6 Å². The van der Waals surface area contributed by atoms with Crippen molar-refractivity contribution in [1.82, 2.24) is 4.90 Å². The first-order valence-electron chi connectivity index (χ1n) is 6.82. The van der Waals surface area contributed by atoms with Gasteiger partial charge >= 0.3 is 0 Å². The van der Waals surface area contributed by atoms with E-state index in [4.69, 9.17) is 5.73 Å². The zero-order chi connectivity index (χ0) is 13.1. The highest BCUT2D eigenvalue weighted by Crippen LogP contribution is 2.30. The van der Waals surface area contributed by atoms with Crippen LogP contribution in [0.3, 0.4) is 0 Å². The molecule has 0 spiro atoms. The lowest BCUT2D eigenvalue weighted by atomic mass is 10.1. The zero-order valence-electron chi connectivity index (χ0n) is 11.3. The molecule has 2 N–H and O–H groups in total. The van der Waals surface area contributed by atoms with Gasteiger partial charge < -0.3 is 5.73 Å². The Morgan fingerprint density at radius 2 is 2.00 bits per heavy atom. The van der Waals surface area contributed by atoms with E-state index in [1.54, 1.807) is 12.1 Å². The van der Waals surface area contributed by atoms with Gasteiger partial charge in [-0.3, -0.25) is 4.90 Å². The van der Waals surface area contributed by atoms with Crippen molar-refractivity contribution in [2.24, 2.45) is 11.7 Å². The third kappa shape index (κ3) is 3.53. The third-order valence-corrected chi connectivity index (χ3v) is 3.66. The van der Waals surface area contributed by atoms with Crippen LogP contribution in [0, 0.1) is 11.7 Å². The standard InChI is InChI=1S/C15H23FN2/c1-11(2)18(9-12-7-8-12)10-15(17)13-5-3-4-6-14(13)16/h3-6,11-12,15H,7-10,17H2,1-2H3. The molecule has 18 heavy (non-hydrogen) atoms. The fraction of sp³-hybridized carbons (Fsp3) is 0.600. The summed E-state index contributed by atoms with van der Waals surface area (Å²) in [6.07, 6.45) is 2.66. The lowest BCUT2D eigenvalue weighted by molar-refractivity contribution is 0.199. The lowest BCUT2D eigenvalue weighted by Crippen LogP contribution is -2.38. The molecule has 0 aliphatic heterocycles. The maximum Gasteiger partial charge on any atom is 0.128 e. The molecule has 0 radical (unpaired) electrons. The van der Waals surface area contributed by atoms with Crippen LogP contribution in [0.15, 0.2) is 24.3 Å².